The highest BCUT2D eigenvalue weighted by Gasteiger charge is 2.21. The molecule has 0 atom stereocenters. The lowest BCUT2D eigenvalue weighted by molar-refractivity contribution is 0.423. The van der Waals surface area contributed by atoms with Gasteiger partial charge in [0.05, 0.1) is 11.6 Å². The third kappa shape index (κ3) is 2.90. The normalized spacial score (nSPS) is 15.2. The van der Waals surface area contributed by atoms with Crippen LogP contribution in [0.4, 0.5) is 4.39 Å². The van der Waals surface area contributed by atoms with Crippen LogP contribution in [0.25, 0.3) is 0 Å². The van der Waals surface area contributed by atoms with E-state index in [1.807, 2.05) is 10.8 Å². The lowest BCUT2D eigenvalue weighted by Gasteiger charge is -2.11. The first kappa shape index (κ1) is 14.0. The third-order valence-electron chi connectivity index (χ3n) is 3.69. The fourth-order valence-corrected chi connectivity index (χ4v) is 3.50. The molecule has 1 aliphatic rings. The molecule has 7 heteroatoms. The first-order valence-corrected chi connectivity index (χ1v) is 7.86. The first-order valence-electron chi connectivity index (χ1n) is 6.87. The Balaban J connectivity index is 1.74. The Kier molecular flexibility index (Phi) is 4.15. The number of halogens is 1. The Bertz CT molecular complexity index is 672. The second kappa shape index (κ2) is 6.22. The van der Waals surface area contributed by atoms with Gasteiger partial charge in [-0.3, -0.25) is 0 Å². The molecule has 108 valence electrons. The highest BCUT2D eigenvalue weighted by atomic mass is 32.2. The summed E-state index contributed by atoms with van der Waals surface area (Å²) in [5.41, 5.74) is 0.573. The van der Waals surface area contributed by atoms with E-state index in [9.17, 15) is 4.39 Å². The van der Waals surface area contributed by atoms with Crippen LogP contribution in [0.2, 0.25) is 0 Å². The van der Waals surface area contributed by atoms with Crippen LogP contribution in [0.3, 0.4) is 0 Å². The predicted molar refractivity (Wildman–Crippen MR) is 76.0 cm³/mol. The molecule has 0 saturated heterocycles. The first-order chi connectivity index (χ1) is 10.3. The van der Waals surface area contributed by atoms with Crippen molar-refractivity contribution in [3.63, 3.8) is 0 Å². The van der Waals surface area contributed by atoms with Gasteiger partial charge >= 0.3 is 0 Å². The Hall–Kier alpha value is -1.94. The Morgan fingerprint density at radius 2 is 2.19 bits per heavy atom. The molecule has 0 aliphatic heterocycles. The van der Waals surface area contributed by atoms with Gasteiger partial charge in [0, 0.05) is 5.75 Å². The Morgan fingerprint density at radius 1 is 1.38 bits per heavy atom. The molecule has 1 aromatic carbocycles. The van der Waals surface area contributed by atoms with E-state index >= 15 is 0 Å². The minimum absolute atomic E-state index is 0.0727. The molecule has 5 nitrogen and oxygen atoms in total. The van der Waals surface area contributed by atoms with E-state index in [2.05, 4.69) is 15.5 Å². The van der Waals surface area contributed by atoms with Crippen molar-refractivity contribution >= 4 is 11.8 Å². The van der Waals surface area contributed by atoms with Crippen molar-refractivity contribution < 1.29 is 4.39 Å². The summed E-state index contributed by atoms with van der Waals surface area (Å²) in [7, 11) is 0. The summed E-state index contributed by atoms with van der Waals surface area (Å²) >= 11 is 1.40. The van der Waals surface area contributed by atoms with Gasteiger partial charge in [-0.25, -0.2) is 9.07 Å². The SMILES string of the molecule is N#Cc1cccc(CSc2nnnn2C2CCCC2)c1F. The van der Waals surface area contributed by atoms with E-state index in [-0.39, 0.29) is 5.56 Å². The molecule has 0 spiro atoms. The molecule has 0 bridgehead atoms. The van der Waals surface area contributed by atoms with Crippen molar-refractivity contribution in [1.82, 2.24) is 20.2 Å². The molecule has 1 heterocycles. The summed E-state index contributed by atoms with van der Waals surface area (Å²) in [6.07, 6.45) is 4.59. The second-order valence-electron chi connectivity index (χ2n) is 5.02. The zero-order chi connectivity index (χ0) is 14.7. The highest BCUT2D eigenvalue weighted by molar-refractivity contribution is 7.98. The van der Waals surface area contributed by atoms with Gasteiger partial charge in [-0.2, -0.15) is 5.26 Å². The van der Waals surface area contributed by atoms with Gasteiger partial charge in [0.1, 0.15) is 11.9 Å². The number of hydrogen-bond donors (Lipinski definition) is 0. The van der Waals surface area contributed by atoms with Crippen LogP contribution in [0, 0.1) is 17.1 Å². The molecule has 1 aliphatic carbocycles. The van der Waals surface area contributed by atoms with Crippen LogP contribution >= 0.6 is 11.8 Å². The maximum absolute atomic E-state index is 14.0. The van der Waals surface area contributed by atoms with Gasteiger partial charge in [-0.05, 0) is 34.9 Å². The molecular weight excluding hydrogens is 289 g/mol. The summed E-state index contributed by atoms with van der Waals surface area (Å²) in [4.78, 5) is 0. The molecule has 1 fully saturated rings. The Labute approximate surface area is 126 Å². The van der Waals surface area contributed by atoms with Crippen LogP contribution < -0.4 is 0 Å². The number of thioether (sulfide) groups is 1. The summed E-state index contributed by atoms with van der Waals surface area (Å²) in [6, 6.07) is 7.07. The monoisotopic (exact) mass is 303 g/mol. The van der Waals surface area contributed by atoms with Crippen molar-refractivity contribution in [3.8, 4) is 6.07 Å². The number of rotatable bonds is 4. The largest absolute Gasteiger partial charge is 0.217 e. The molecule has 21 heavy (non-hydrogen) atoms. The molecule has 0 N–H and O–H groups in total. The number of tetrazole rings is 1. The molecule has 0 amide bonds. The highest BCUT2D eigenvalue weighted by Crippen LogP contribution is 2.32. The zero-order valence-electron chi connectivity index (χ0n) is 11.4. The summed E-state index contributed by atoms with van der Waals surface area (Å²) < 4.78 is 15.9. The number of nitrogens with zero attached hydrogens (tertiary/aromatic N) is 5. The van der Waals surface area contributed by atoms with Gasteiger partial charge in [-0.1, -0.05) is 36.7 Å². The van der Waals surface area contributed by atoms with Gasteiger partial charge in [0.25, 0.3) is 0 Å². The van der Waals surface area contributed by atoms with E-state index in [0.29, 0.717) is 22.5 Å². The molecule has 1 saturated carbocycles. The standard InChI is InChI=1S/C14H14FN5S/c15-13-10(8-16)4-3-5-11(13)9-21-14-17-18-19-20(14)12-6-1-2-7-12/h3-5,12H,1-2,6-7,9H2. The quantitative estimate of drug-likeness (QED) is 0.812. The molecular formula is C14H14FN5S. The predicted octanol–water partition coefficient (Wildman–Crippen LogP) is 3.09. The lowest BCUT2D eigenvalue weighted by atomic mass is 10.1. The van der Waals surface area contributed by atoms with Gasteiger partial charge < -0.3 is 0 Å². The van der Waals surface area contributed by atoms with Gasteiger partial charge in [0.15, 0.2) is 0 Å². The Morgan fingerprint density at radius 3 is 2.95 bits per heavy atom. The van der Waals surface area contributed by atoms with E-state index in [0.717, 1.165) is 12.8 Å². The molecule has 0 unspecified atom stereocenters. The third-order valence-corrected chi connectivity index (χ3v) is 4.67. The molecule has 1 aromatic heterocycles. The summed E-state index contributed by atoms with van der Waals surface area (Å²) in [5.74, 6) is -0.0403. The van der Waals surface area contributed by atoms with Crippen LogP contribution in [0.15, 0.2) is 23.4 Å². The van der Waals surface area contributed by atoms with E-state index in [1.165, 1.54) is 30.7 Å². The summed E-state index contributed by atoms with van der Waals surface area (Å²) in [5, 5.41) is 21.4. The zero-order valence-corrected chi connectivity index (χ0v) is 12.2. The molecule has 0 radical (unpaired) electrons. The minimum Gasteiger partial charge on any atom is -0.217 e. The van der Waals surface area contributed by atoms with Crippen molar-refractivity contribution in [3.05, 3.63) is 35.1 Å². The second-order valence-corrected chi connectivity index (χ2v) is 5.97. The number of aromatic nitrogens is 4. The topological polar surface area (TPSA) is 67.4 Å². The van der Waals surface area contributed by atoms with E-state index < -0.39 is 5.82 Å². The van der Waals surface area contributed by atoms with Gasteiger partial charge in [-0.15, -0.1) is 5.10 Å². The summed E-state index contributed by atoms with van der Waals surface area (Å²) in [6.45, 7) is 0. The average molecular weight is 303 g/mol. The van der Waals surface area contributed by atoms with Crippen LogP contribution in [-0.2, 0) is 5.75 Å². The molecule has 2 aromatic rings. The van der Waals surface area contributed by atoms with Crippen LogP contribution in [-0.4, -0.2) is 20.2 Å². The number of hydrogen-bond acceptors (Lipinski definition) is 5. The maximum atomic E-state index is 14.0. The number of benzene rings is 1. The maximum Gasteiger partial charge on any atom is 0.209 e. The van der Waals surface area contributed by atoms with E-state index in [1.54, 1.807) is 12.1 Å². The smallest absolute Gasteiger partial charge is 0.209 e. The minimum atomic E-state index is -0.451. The fourth-order valence-electron chi connectivity index (χ4n) is 2.58. The van der Waals surface area contributed by atoms with Crippen LogP contribution in [0.1, 0.15) is 42.9 Å². The van der Waals surface area contributed by atoms with Crippen molar-refractivity contribution in [1.29, 1.82) is 5.26 Å². The molecule has 3 rings (SSSR count). The fraction of sp³-hybridized carbons (Fsp3) is 0.429. The number of nitriles is 1. The average Bonchev–Trinajstić information content (AvgIpc) is 3.17. The van der Waals surface area contributed by atoms with E-state index in [4.69, 9.17) is 5.26 Å². The lowest BCUT2D eigenvalue weighted by Crippen LogP contribution is -2.08. The van der Waals surface area contributed by atoms with Crippen LogP contribution in [0.5, 0.6) is 0 Å². The van der Waals surface area contributed by atoms with Gasteiger partial charge in [0.2, 0.25) is 5.16 Å². The van der Waals surface area contributed by atoms with Crippen molar-refractivity contribution in [2.75, 3.05) is 0 Å². The van der Waals surface area contributed by atoms with Crippen molar-refractivity contribution in [2.45, 2.75) is 42.6 Å². The van der Waals surface area contributed by atoms with Crippen molar-refractivity contribution in [2.24, 2.45) is 0 Å².